The zero-order chi connectivity index (χ0) is 12.4. The summed E-state index contributed by atoms with van der Waals surface area (Å²) in [5.74, 6) is -2.42. The van der Waals surface area contributed by atoms with E-state index in [-0.39, 0.29) is 12.0 Å². The standard InChI is InChI=1S/C12H10F3NO/c13-7-4-9(14)12(10(15)5-7)11(16)6-8-2-1-3-17-8/h1-5,11H,6,16H2. The Kier molecular flexibility index (Phi) is 3.19. The van der Waals surface area contributed by atoms with E-state index in [0.717, 1.165) is 0 Å². The molecule has 2 rings (SSSR count). The zero-order valence-corrected chi connectivity index (χ0v) is 8.79. The van der Waals surface area contributed by atoms with Crippen molar-refractivity contribution in [2.45, 2.75) is 12.5 Å². The molecule has 5 heteroatoms. The molecule has 0 aliphatic carbocycles. The first-order valence-electron chi connectivity index (χ1n) is 5.00. The van der Waals surface area contributed by atoms with Gasteiger partial charge in [0.25, 0.3) is 0 Å². The van der Waals surface area contributed by atoms with Gasteiger partial charge in [0.1, 0.15) is 23.2 Å². The van der Waals surface area contributed by atoms with Gasteiger partial charge in [0, 0.05) is 30.2 Å². The van der Waals surface area contributed by atoms with E-state index in [1.165, 1.54) is 6.26 Å². The first kappa shape index (κ1) is 11.7. The molecule has 0 radical (unpaired) electrons. The maximum atomic E-state index is 13.4. The summed E-state index contributed by atoms with van der Waals surface area (Å²) in [4.78, 5) is 0. The van der Waals surface area contributed by atoms with Crippen molar-refractivity contribution in [2.24, 2.45) is 5.73 Å². The fraction of sp³-hybridized carbons (Fsp3) is 0.167. The number of benzene rings is 1. The molecule has 1 aromatic carbocycles. The van der Waals surface area contributed by atoms with Crippen molar-refractivity contribution >= 4 is 0 Å². The second kappa shape index (κ2) is 4.63. The van der Waals surface area contributed by atoms with Crippen molar-refractivity contribution < 1.29 is 17.6 Å². The van der Waals surface area contributed by atoms with E-state index in [2.05, 4.69) is 0 Å². The third-order valence-corrected chi connectivity index (χ3v) is 2.42. The van der Waals surface area contributed by atoms with E-state index in [4.69, 9.17) is 10.2 Å². The van der Waals surface area contributed by atoms with Crippen LogP contribution in [0.15, 0.2) is 34.9 Å². The van der Waals surface area contributed by atoms with Crippen molar-refractivity contribution in [3.05, 3.63) is 59.3 Å². The number of hydrogen-bond acceptors (Lipinski definition) is 2. The van der Waals surface area contributed by atoms with Crippen molar-refractivity contribution in [3.8, 4) is 0 Å². The average Bonchev–Trinajstić information content (AvgIpc) is 2.68. The van der Waals surface area contributed by atoms with Gasteiger partial charge in [-0.05, 0) is 12.1 Å². The number of rotatable bonds is 3. The van der Waals surface area contributed by atoms with Gasteiger partial charge in [-0.1, -0.05) is 0 Å². The highest BCUT2D eigenvalue weighted by Gasteiger charge is 2.19. The monoisotopic (exact) mass is 241 g/mol. The maximum Gasteiger partial charge on any atom is 0.133 e. The Bertz CT molecular complexity index is 487. The van der Waals surface area contributed by atoms with Crippen LogP contribution in [0, 0.1) is 17.5 Å². The van der Waals surface area contributed by atoms with Gasteiger partial charge in [0.15, 0.2) is 0 Å². The molecule has 0 bridgehead atoms. The Morgan fingerprint density at radius 2 is 1.82 bits per heavy atom. The molecule has 1 aromatic heterocycles. The highest BCUT2D eigenvalue weighted by molar-refractivity contribution is 5.25. The number of furan rings is 1. The quantitative estimate of drug-likeness (QED) is 0.897. The SMILES string of the molecule is NC(Cc1ccco1)c1c(F)cc(F)cc1F. The van der Waals surface area contributed by atoms with E-state index in [1.807, 2.05) is 0 Å². The summed E-state index contributed by atoms with van der Waals surface area (Å²) < 4.78 is 44.5. The van der Waals surface area contributed by atoms with Gasteiger partial charge in [-0.15, -0.1) is 0 Å². The first-order valence-corrected chi connectivity index (χ1v) is 5.00. The summed E-state index contributed by atoms with van der Waals surface area (Å²) >= 11 is 0. The summed E-state index contributed by atoms with van der Waals surface area (Å²) in [6, 6.07) is 3.61. The molecule has 17 heavy (non-hydrogen) atoms. The highest BCUT2D eigenvalue weighted by Crippen LogP contribution is 2.23. The minimum atomic E-state index is -0.985. The van der Waals surface area contributed by atoms with Crippen LogP contribution in [0.2, 0.25) is 0 Å². The number of halogens is 3. The first-order chi connectivity index (χ1) is 8.08. The third-order valence-electron chi connectivity index (χ3n) is 2.42. The lowest BCUT2D eigenvalue weighted by atomic mass is 10.0. The normalized spacial score (nSPS) is 12.7. The van der Waals surface area contributed by atoms with Crippen LogP contribution in [0.25, 0.3) is 0 Å². The summed E-state index contributed by atoms with van der Waals surface area (Å²) in [7, 11) is 0. The summed E-state index contributed by atoms with van der Waals surface area (Å²) in [6.45, 7) is 0. The van der Waals surface area contributed by atoms with E-state index >= 15 is 0 Å². The molecule has 0 spiro atoms. The van der Waals surface area contributed by atoms with E-state index in [0.29, 0.717) is 17.9 Å². The minimum Gasteiger partial charge on any atom is -0.469 e. The van der Waals surface area contributed by atoms with Crippen LogP contribution in [0.5, 0.6) is 0 Å². The third kappa shape index (κ3) is 2.50. The smallest absolute Gasteiger partial charge is 0.133 e. The van der Waals surface area contributed by atoms with Crippen LogP contribution in [-0.2, 0) is 6.42 Å². The molecule has 2 aromatic rings. The van der Waals surface area contributed by atoms with Crippen molar-refractivity contribution in [2.75, 3.05) is 0 Å². The summed E-state index contributed by atoms with van der Waals surface area (Å²) in [5.41, 5.74) is 5.34. The molecule has 2 N–H and O–H groups in total. The van der Waals surface area contributed by atoms with Crippen LogP contribution >= 0.6 is 0 Å². The van der Waals surface area contributed by atoms with Gasteiger partial charge in [0.2, 0.25) is 0 Å². The fourth-order valence-electron chi connectivity index (χ4n) is 1.66. The fourth-order valence-corrected chi connectivity index (χ4v) is 1.66. The van der Waals surface area contributed by atoms with Crippen LogP contribution in [0.4, 0.5) is 13.2 Å². The molecule has 0 saturated carbocycles. The topological polar surface area (TPSA) is 39.2 Å². The number of hydrogen-bond donors (Lipinski definition) is 1. The second-order valence-corrected chi connectivity index (χ2v) is 3.67. The lowest BCUT2D eigenvalue weighted by Crippen LogP contribution is -2.17. The molecule has 0 aliphatic rings. The Balaban J connectivity index is 2.27. The molecule has 0 amide bonds. The molecular weight excluding hydrogens is 231 g/mol. The lowest BCUT2D eigenvalue weighted by molar-refractivity contribution is 0.463. The van der Waals surface area contributed by atoms with Crippen molar-refractivity contribution in [1.29, 1.82) is 0 Å². The largest absolute Gasteiger partial charge is 0.469 e. The average molecular weight is 241 g/mol. The predicted octanol–water partition coefficient (Wildman–Crippen LogP) is 2.94. The molecular formula is C12H10F3NO. The summed E-state index contributed by atoms with van der Waals surface area (Å²) in [5, 5.41) is 0. The Hall–Kier alpha value is -1.75. The van der Waals surface area contributed by atoms with Gasteiger partial charge in [-0.25, -0.2) is 13.2 Å². The van der Waals surface area contributed by atoms with E-state index < -0.39 is 23.5 Å². The molecule has 0 aliphatic heterocycles. The predicted molar refractivity (Wildman–Crippen MR) is 55.7 cm³/mol. The van der Waals surface area contributed by atoms with Gasteiger partial charge in [-0.2, -0.15) is 0 Å². The summed E-state index contributed by atoms with van der Waals surface area (Å²) in [6.07, 6.45) is 1.59. The van der Waals surface area contributed by atoms with Crippen molar-refractivity contribution in [3.63, 3.8) is 0 Å². The molecule has 1 atom stereocenters. The van der Waals surface area contributed by atoms with Crippen LogP contribution < -0.4 is 5.73 Å². The maximum absolute atomic E-state index is 13.4. The molecule has 1 heterocycles. The number of nitrogens with two attached hydrogens (primary N) is 1. The Labute approximate surface area is 95.8 Å². The molecule has 0 saturated heterocycles. The van der Waals surface area contributed by atoms with Gasteiger partial charge < -0.3 is 10.2 Å². The zero-order valence-electron chi connectivity index (χ0n) is 8.79. The van der Waals surface area contributed by atoms with Gasteiger partial charge in [0.05, 0.1) is 6.26 Å². The van der Waals surface area contributed by atoms with Gasteiger partial charge >= 0.3 is 0 Å². The van der Waals surface area contributed by atoms with Crippen LogP contribution in [0.3, 0.4) is 0 Å². The van der Waals surface area contributed by atoms with Crippen molar-refractivity contribution in [1.82, 2.24) is 0 Å². The lowest BCUT2D eigenvalue weighted by Gasteiger charge is -2.12. The van der Waals surface area contributed by atoms with Crippen LogP contribution in [-0.4, -0.2) is 0 Å². The highest BCUT2D eigenvalue weighted by atomic mass is 19.1. The van der Waals surface area contributed by atoms with Gasteiger partial charge in [-0.3, -0.25) is 0 Å². The molecule has 1 unspecified atom stereocenters. The second-order valence-electron chi connectivity index (χ2n) is 3.67. The van der Waals surface area contributed by atoms with E-state index in [9.17, 15) is 13.2 Å². The molecule has 2 nitrogen and oxygen atoms in total. The Morgan fingerprint density at radius 3 is 2.35 bits per heavy atom. The molecule has 0 fully saturated rings. The molecule has 90 valence electrons. The van der Waals surface area contributed by atoms with E-state index in [1.54, 1.807) is 12.1 Å². The van der Waals surface area contributed by atoms with Crippen LogP contribution in [0.1, 0.15) is 17.4 Å². The Morgan fingerprint density at radius 1 is 1.18 bits per heavy atom. The minimum absolute atomic E-state index is 0.145.